The van der Waals surface area contributed by atoms with E-state index in [4.69, 9.17) is 4.74 Å². The Kier molecular flexibility index (Phi) is 5.27. The van der Waals surface area contributed by atoms with Crippen LogP contribution in [0.1, 0.15) is 39.5 Å². The van der Waals surface area contributed by atoms with Gasteiger partial charge in [-0.05, 0) is 26.7 Å². The highest BCUT2D eigenvalue weighted by atomic mass is 32.2. The molecular formula is C14H26N2O4S. The highest BCUT2D eigenvalue weighted by molar-refractivity contribution is 7.89. The van der Waals surface area contributed by atoms with Crippen molar-refractivity contribution in [3.63, 3.8) is 0 Å². The van der Waals surface area contributed by atoms with Gasteiger partial charge in [0.1, 0.15) is 0 Å². The maximum Gasteiger partial charge on any atom is 0.310 e. The molecule has 2 rings (SSSR count). The van der Waals surface area contributed by atoms with Crippen LogP contribution in [-0.4, -0.2) is 56.2 Å². The lowest BCUT2D eigenvalue weighted by atomic mass is 9.89. The molecule has 0 radical (unpaired) electrons. The van der Waals surface area contributed by atoms with Crippen molar-refractivity contribution >= 4 is 16.0 Å². The minimum atomic E-state index is -3.48. The van der Waals surface area contributed by atoms with Crippen LogP contribution in [0.4, 0.5) is 0 Å². The molecule has 1 saturated heterocycles. The number of nitrogens with one attached hydrogen (secondary N) is 1. The Morgan fingerprint density at radius 1 is 1.24 bits per heavy atom. The van der Waals surface area contributed by atoms with Crippen molar-refractivity contribution in [3.8, 4) is 0 Å². The summed E-state index contributed by atoms with van der Waals surface area (Å²) in [7, 11) is -2.15. The normalized spacial score (nSPS) is 35.4. The van der Waals surface area contributed by atoms with Gasteiger partial charge in [-0.25, -0.2) is 8.42 Å². The number of sulfonamides is 1. The van der Waals surface area contributed by atoms with E-state index in [0.29, 0.717) is 25.9 Å². The maximum absolute atomic E-state index is 13.0. The smallest absolute Gasteiger partial charge is 0.310 e. The molecule has 0 amide bonds. The van der Waals surface area contributed by atoms with E-state index in [2.05, 4.69) is 5.32 Å². The van der Waals surface area contributed by atoms with Crippen molar-refractivity contribution in [1.82, 2.24) is 9.62 Å². The summed E-state index contributed by atoms with van der Waals surface area (Å²) in [4.78, 5) is 11.9. The van der Waals surface area contributed by atoms with Crippen molar-refractivity contribution in [2.24, 2.45) is 5.92 Å². The second-order valence-corrected chi connectivity index (χ2v) is 8.33. The molecule has 0 aromatic carbocycles. The first kappa shape index (κ1) is 16.7. The lowest BCUT2D eigenvalue weighted by molar-refractivity contribution is -0.146. The minimum Gasteiger partial charge on any atom is -0.469 e. The highest BCUT2D eigenvalue weighted by Crippen LogP contribution is 2.33. The molecule has 21 heavy (non-hydrogen) atoms. The topological polar surface area (TPSA) is 75.7 Å². The zero-order valence-electron chi connectivity index (χ0n) is 13.0. The van der Waals surface area contributed by atoms with Gasteiger partial charge < -0.3 is 10.1 Å². The summed E-state index contributed by atoms with van der Waals surface area (Å²) in [6.07, 6.45) is 2.90. The number of hydrogen-bond donors (Lipinski definition) is 1. The van der Waals surface area contributed by atoms with E-state index in [1.54, 1.807) is 4.31 Å². The third kappa shape index (κ3) is 3.40. The zero-order chi connectivity index (χ0) is 15.6. The second kappa shape index (κ2) is 6.62. The molecule has 6 nitrogen and oxygen atoms in total. The molecule has 122 valence electrons. The average Bonchev–Trinajstić information content (AvgIpc) is 2.48. The summed E-state index contributed by atoms with van der Waals surface area (Å²) in [5, 5.41) is 2.65. The number of methoxy groups -OCH3 is 1. The van der Waals surface area contributed by atoms with Crippen molar-refractivity contribution in [2.45, 2.75) is 56.9 Å². The third-order valence-corrected chi connectivity index (χ3v) is 7.12. The standard InChI is InChI=1S/C14H26N2O4S/c1-10-9-16(11(2)8-15-10)21(18,19)13-7-5-4-6-12(13)14(17)20-3/h10-13,15H,4-9H2,1-3H3. The van der Waals surface area contributed by atoms with E-state index in [-0.39, 0.29) is 18.1 Å². The van der Waals surface area contributed by atoms with Crippen LogP contribution in [0.5, 0.6) is 0 Å². The van der Waals surface area contributed by atoms with Crippen LogP contribution in [0.25, 0.3) is 0 Å². The molecule has 1 N–H and O–H groups in total. The Morgan fingerprint density at radius 3 is 2.57 bits per heavy atom. The molecule has 0 bridgehead atoms. The van der Waals surface area contributed by atoms with E-state index in [1.807, 2.05) is 13.8 Å². The summed E-state index contributed by atoms with van der Waals surface area (Å²) in [6.45, 7) is 5.00. The molecule has 2 fully saturated rings. The first-order chi connectivity index (χ1) is 9.87. The molecule has 2 aliphatic rings. The molecule has 1 heterocycles. The Morgan fingerprint density at radius 2 is 1.90 bits per heavy atom. The average molecular weight is 318 g/mol. The summed E-state index contributed by atoms with van der Waals surface area (Å²) >= 11 is 0. The van der Waals surface area contributed by atoms with E-state index in [0.717, 1.165) is 12.8 Å². The van der Waals surface area contributed by atoms with Gasteiger partial charge in [0.05, 0.1) is 18.3 Å². The van der Waals surface area contributed by atoms with Gasteiger partial charge in [-0.15, -0.1) is 0 Å². The van der Waals surface area contributed by atoms with Crippen LogP contribution < -0.4 is 5.32 Å². The highest BCUT2D eigenvalue weighted by Gasteiger charge is 2.45. The summed E-state index contributed by atoms with van der Waals surface area (Å²) < 4.78 is 32.4. The Hall–Kier alpha value is -0.660. The second-order valence-electron chi connectivity index (χ2n) is 6.23. The predicted molar refractivity (Wildman–Crippen MR) is 80.3 cm³/mol. The number of nitrogens with zero attached hydrogens (tertiary/aromatic N) is 1. The van der Waals surface area contributed by atoms with Crippen molar-refractivity contribution in [3.05, 3.63) is 0 Å². The zero-order valence-corrected chi connectivity index (χ0v) is 13.9. The number of piperazine rings is 1. The van der Waals surface area contributed by atoms with Gasteiger partial charge in [0.15, 0.2) is 0 Å². The first-order valence-electron chi connectivity index (χ1n) is 7.69. The van der Waals surface area contributed by atoms with E-state index in [1.165, 1.54) is 7.11 Å². The van der Waals surface area contributed by atoms with Crippen LogP contribution in [0.15, 0.2) is 0 Å². The quantitative estimate of drug-likeness (QED) is 0.777. The van der Waals surface area contributed by atoms with Gasteiger partial charge in [-0.2, -0.15) is 4.31 Å². The van der Waals surface area contributed by atoms with E-state index >= 15 is 0 Å². The molecule has 4 unspecified atom stereocenters. The molecule has 7 heteroatoms. The van der Waals surface area contributed by atoms with Gasteiger partial charge in [0.2, 0.25) is 10.0 Å². The van der Waals surface area contributed by atoms with Crippen LogP contribution in [0.3, 0.4) is 0 Å². The fourth-order valence-corrected chi connectivity index (χ4v) is 5.87. The molecule has 0 aromatic heterocycles. The lowest BCUT2D eigenvalue weighted by Gasteiger charge is -2.40. The largest absolute Gasteiger partial charge is 0.469 e. The van der Waals surface area contributed by atoms with Gasteiger partial charge in [-0.3, -0.25) is 4.79 Å². The summed E-state index contributed by atoms with van der Waals surface area (Å²) in [5.74, 6) is -0.912. The van der Waals surface area contributed by atoms with E-state index < -0.39 is 21.2 Å². The van der Waals surface area contributed by atoms with Crippen molar-refractivity contribution in [1.29, 1.82) is 0 Å². The van der Waals surface area contributed by atoms with Crippen LogP contribution >= 0.6 is 0 Å². The number of esters is 1. The Labute approximate surface area is 127 Å². The third-order valence-electron chi connectivity index (χ3n) is 4.62. The fraction of sp³-hybridized carbons (Fsp3) is 0.929. The molecule has 0 aromatic rings. The predicted octanol–water partition coefficient (Wildman–Crippen LogP) is 0.730. The van der Waals surface area contributed by atoms with Crippen LogP contribution in [-0.2, 0) is 19.6 Å². The molecule has 1 aliphatic heterocycles. The van der Waals surface area contributed by atoms with Crippen LogP contribution in [0.2, 0.25) is 0 Å². The number of ether oxygens (including phenoxy) is 1. The molecular weight excluding hydrogens is 292 g/mol. The van der Waals surface area contributed by atoms with Gasteiger partial charge in [0.25, 0.3) is 0 Å². The maximum atomic E-state index is 13.0. The lowest BCUT2D eigenvalue weighted by Crippen LogP contribution is -2.59. The molecule has 1 saturated carbocycles. The fourth-order valence-electron chi connectivity index (χ4n) is 3.39. The minimum absolute atomic E-state index is 0.0774. The van der Waals surface area contributed by atoms with Gasteiger partial charge in [-0.1, -0.05) is 12.8 Å². The van der Waals surface area contributed by atoms with Crippen molar-refractivity contribution < 1.29 is 17.9 Å². The van der Waals surface area contributed by atoms with Crippen LogP contribution in [0, 0.1) is 5.92 Å². The summed E-state index contributed by atoms with van der Waals surface area (Å²) in [5.41, 5.74) is 0. The SMILES string of the molecule is COC(=O)C1CCCCC1S(=O)(=O)N1CC(C)NCC1C. The molecule has 4 atom stereocenters. The Balaban J connectivity index is 2.25. The number of rotatable bonds is 3. The Bertz CT molecular complexity index is 479. The monoisotopic (exact) mass is 318 g/mol. The summed E-state index contributed by atoms with van der Waals surface area (Å²) in [6, 6.07) is 0.0579. The van der Waals surface area contributed by atoms with Crippen molar-refractivity contribution in [2.75, 3.05) is 20.2 Å². The van der Waals surface area contributed by atoms with Gasteiger partial charge in [0, 0.05) is 25.2 Å². The number of carbonyl (C=O) groups excluding carboxylic acids is 1. The molecule has 1 aliphatic carbocycles. The number of hydrogen-bond acceptors (Lipinski definition) is 5. The first-order valence-corrected chi connectivity index (χ1v) is 9.20. The van der Waals surface area contributed by atoms with E-state index in [9.17, 15) is 13.2 Å². The number of carbonyl (C=O) groups is 1. The van der Waals surface area contributed by atoms with Gasteiger partial charge >= 0.3 is 5.97 Å². The molecule has 0 spiro atoms.